The summed E-state index contributed by atoms with van der Waals surface area (Å²) in [6, 6.07) is 3.55. The smallest absolute Gasteiger partial charge is 0.157 e. The number of nitrogens with zero attached hydrogens (tertiary/aromatic N) is 1. The molecule has 1 rings (SSSR count). The number of halogens is 2. The largest absolute Gasteiger partial charge is 0.387 e. The van der Waals surface area contributed by atoms with Crippen LogP contribution in [-0.4, -0.2) is 17.2 Å². The number of amidine groups is 1. The van der Waals surface area contributed by atoms with E-state index in [0.29, 0.717) is 23.7 Å². The van der Waals surface area contributed by atoms with Gasteiger partial charge >= 0.3 is 0 Å². The molecule has 0 aliphatic rings. The Bertz CT molecular complexity index is 577. The number of nitrogens with two attached hydrogens (primary N) is 1. The molecule has 0 saturated heterocycles. The van der Waals surface area contributed by atoms with Crippen molar-refractivity contribution in [1.82, 2.24) is 0 Å². The number of benzene rings is 1. The number of carbonyl (C=O) groups is 1. The molecule has 25 heavy (non-hydrogen) atoms. The number of hydrogen-bond donors (Lipinski definition) is 1. The predicted molar refractivity (Wildman–Crippen MR) is 101 cm³/mol. The second-order valence-electron chi connectivity index (χ2n) is 7.25. The van der Waals surface area contributed by atoms with Gasteiger partial charge in [-0.25, -0.2) is 8.78 Å². The number of aryl methyl sites for hydroxylation is 1. The van der Waals surface area contributed by atoms with E-state index in [9.17, 15) is 13.6 Å². The van der Waals surface area contributed by atoms with E-state index in [2.05, 4.69) is 18.8 Å². The lowest BCUT2D eigenvalue weighted by molar-refractivity contribution is -0.121. The highest BCUT2D eigenvalue weighted by molar-refractivity contribution is 5.91. The average molecular weight is 354 g/mol. The monoisotopic (exact) mass is 354 g/mol. The maximum Gasteiger partial charge on any atom is 0.157 e. The molecule has 1 unspecified atom stereocenters. The van der Waals surface area contributed by atoms with Gasteiger partial charge in [0.05, 0.1) is 5.84 Å². The lowest BCUT2D eigenvalue weighted by atomic mass is 9.88. The van der Waals surface area contributed by atoms with E-state index in [0.717, 1.165) is 12.5 Å². The summed E-state index contributed by atoms with van der Waals surface area (Å²) in [5.74, 6) is 0.264. The molecule has 0 aliphatic carbocycles. The standard InChI is InChI=1S/C12H24N2O.C8H8F2/c1-8(2)7-12(6,10(5)15)14-11(13)9(3)4;1-2-6-3-7(9)5-8(10)4-6/h8-9H,7H2,1-6H3,(H2,13,14);3-5H,2H2,1H3. The van der Waals surface area contributed by atoms with E-state index >= 15 is 0 Å². The Kier molecular flexibility index (Phi) is 9.53. The third kappa shape index (κ3) is 8.75. The first-order valence-corrected chi connectivity index (χ1v) is 8.72. The number of rotatable bonds is 6. The van der Waals surface area contributed by atoms with Crippen LogP contribution in [0.15, 0.2) is 23.2 Å². The van der Waals surface area contributed by atoms with Crippen LogP contribution in [0.5, 0.6) is 0 Å². The van der Waals surface area contributed by atoms with E-state index in [4.69, 9.17) is 5.73 Å². The minimum absolute atomic E-state index is 0.0831. The first-order valence-electron chi connectivity index (χ1n) is 8.72. The Morgan fingerprint density at radius 1 is 1.16 bits per heavy atom. The summed E-state index contributed by atoms with van der Waals surface area (Å²) in [5.41, 5.74) is 5.86. The quantitative estimate of drug-likeness (QED) is 0.582. The molecule has 142 valence electrons. The molecule has 0 aliphatic heterocycles. The van der Waals surface area contributed by atoms with Crippen LogP contribution in [0.2, 0.25) is 0 Å². The number of ketones is 1. The molecule has 5 heteroatoms. The summed E-state index contributed by atoms with van der Waals surface area (Å²) in [5, 5.41) is 0. The van der Waals surface area contributed by atoms with Crippen LogP contribution >= 0.6 is 0 Å². The maximum absolute atomic E-state index is 12.4. The van der Waals surface area contributed by atoms with Crippen LogP contribution in [0, 0.1) is 23.5 Å². The highest BCUT2D eigenvalue weighted by atomic mass is 19.1. The van der Waals surface area contributed by atoms with Gasteiger partial charge in [0.25, 0.3) is 0 Å². The first kappa shape index (κ1) is 23.2. The van der Waals surface area contributed by atoms with Crippen molar-refractivity contribution in [3.8, 4) is 0 Å². The molecule has 1 atom stereocenters. The minimum Gasteiger partial charge on any atom is -0.387 e. The highest BCUT2D eigenvalue weighted by Crippen LogP contribution is 2.22. The topological polar surface area (TPSA) is 55.5 Å². The van der Waals surface area contributed by atoms with Gasteiger partial charge in [-0.05, 0) is 50.3 Å². The van der Waals surface area contributed by atoms with E-state index in [1.54, 1.807) is 6.92 Å². The second kappa shape index (κ2) is 10.3. The molecule has 0 heterocycles. The summed E-state index contributed by atoms with van der Waals surface area (Å²) in [6.07, 6.45) is 1.41. The fourth-order valence-electron chi connectivity index (χ4n) is 2.29. The molecule has 0 radical (unpaired) electrons. The van der Waals surface area contributed by atoms with Crippen molar-refractivity contribution < 1.29 is 13.6 Å². The molecule has 0 saturated carbocycles. The van der Waals surface area contributed by atoms with E-state index in [1.165, 1.54) is 12.1 Å². The maximum atomic E-state index is 12.4. The predicted octanol–water partition coefficient (Wildman–Crippen LogP) is 4.92. The zero-order chi connectivity index (χ0) is 19.8. The van der Waals surface area contributed by atoms with Crippen molar-refractivity contribution in [3.63, 3.8) is 0 Å². The zero-order valence-corrected chi connectivity index (χ0v) is 16.5. The summed E-state index contributed by atoms with van der Waals surface area (Å²) in [4.78, 5) is 16.0. The van der Waals surface area contributed by atoms with Gasteiger partial charge in [-0.3, -0.25) is 9.79 Å². The van der Waals surface area contributed by atoms with Crippen molar-refractivity contribution in [3.05, 3.63) is 35.4 Å². The van der Waals surface area contributed by atoms with Gasteiger partial charge in [0, 0.05) is 12.0 Å². The van der Waals surface area contributed by atoms with Crippen LogP contribution in [-0.2, 0) is 11.2 Å². The van der Waals surface area contributed by atoms with Crippen LogP contribution in [0.3, 0.4) is 0 Å². The van der Waals surface area contributed by atoms with Crippen LogP contribution in [0.1, 0.15) is 60.5 Å². The van der Waals surface area contributed by atoms with Crippen molar-refractivity contribution in [2.24, 2.45) is 22.6 Å². The number of aliphatic imine (C=N–C) groups is 1. The van der Waals surface area contributed by atoms with Crippen molar-refractivity contribution in [2.75, 3.05) is 0 Å². The zero-order valence-electron chi connectivity index (χ0n) is 16.5. The third-order valence-electron chi connectivity index (χ3n) is 3.86. The summed E-state index contributed by atoms with van der Waals surface area (Å²) in [7, 11) is 0. The molecular formula is C20H32F2N2O. The van der Waals surface area contributed by atoms with E-state index in [1.807, 2.05) is 27.7 Å². The molecule has 0 aromatic heterocycles. The Balaban J connectivity index is 0.000000496. The van der Waals surface area contributed by atoms with Gasteiger partial charge in [-0.15, -0.1) is 0 Å². The summed E-state index contributed by atoms with van der Waals surface area (Å²) < 4.78 is 24.8. The van der Waals surface area contributed by atoms with Crippen molar-refractivity contribution in [1.29, 1.82) is 0 Å². The molecule has 1 aromatic carbocycles. The first-order chi connectivity index (χ1) is 11.4. The van der Waals surface area contributed by atoms with Crippen LogP contribution < -0.4 is 5.73 Å². The molecular weight excluding hydrogens is 322 g/mol. The molecule has 0 bridgehead atoms. The Morgan fingerprint density at radius 2 is 1.64 bits per heavy atom. The minimum atomic E-state index is -0.650. The van der Waals surface area contributed by atoms with Crippen LogP contribution in [0.25, 0.3) is 0 Å². The Labute approximate surface area is 150 Å². The van der Waals surface area contributed by atoms with E-state index in [-0.39, 0.29) is 11.7 Å². The molecule has 1 aromatic rings. The van der Waals surface area contributed by atoms with Gasteiger partial charge in [0.15, 0.2) is 5.78 Å². The van der Waals surface area contributed by atoms with Crippen molar-refractivity contribution >= 4 is 11.6 Å². The third-order valence-corrected chi connectivity index (χ3v) is 3.86. The highest BCUT2D eigenvalue weighted by Gasteiger charge is 2.30. The fraction of sp³-hybridized carbons (Fsp3) is 0.600. The molecule has 3 nitrogen and oxygen atoms in total. The number of Topliss-reactive ketones (excluding diaryl/α,β-unsaturated/α-hetero) is 1. The number of carbonyl (C=O) groups excluding carboxylic acids is 1. The Morgan fingerprint density at radius 3 is 1.96 bits per heavy atom. The van der Waals surface area contributed by atoms with Gasteiger partial charge in [-0.1, -0.05) is 34.6 Å². The van der Waals surface area contributed by atoms with Gasteiger partial charge in [-0.2, -0.15) is 0 Å². The second-order valence-corrected chi connectivity index (χ2v) is 7.25. The van der Waals surface area contributed by atoms with Gasteiger partial charge < -0.3 is 5.73 Å². The van der Waals surface area contributed by atoms with E-state index < -0.39 is 17.2 Å². The number of hydrogen-bond acceptors (Lipinski definition) is 2. The Hall–Kier alpha value is -1.78. The SMILES string of the molecule is CC(=O)C(C)(CC(C)C)N=C(N)C(C)C.CCc1cc(F)cc(F)c1. The molecule has 0 fully saturated rings. The van der Waals surface area contributed by atoms with Crippen LogP contribution in [0.4, 0.5) is 8.78 Å². The summed E-state index contributed by atoms with van der Waals surface area (Å²) in [6.45, 7) is 13.4. The van der Waals surface area contributed by atoms with Crippen molar-refractivity contribution in [2.45, 2.75) is 66.8 Å². The van der Waals surface area contributed by atoms with Gasteiger partial charge in [0.1, 0.15) is 17.2 Å². The normalized spacial score (nSPS) is 14.1. The van der Waals surface area contributed by atoms with Gasteiger partial charge in [0.2, 0.25) is 0 Å². The molecule has 2 N–H and O–H groups in total. The summed E-state index contributed by atoms with van der Waals surface area (Å²) >= 11 is 0. The average Bonchev–Trinajstić information content (AvgIpc) is 2.45. The fourth-order valence-corrected chi connectivity index (χ4v) is 2.29. The lowest BCUT2D eigenvalue weighted by Crippen LogP contribution is -2.36. The molecule has 0 spiro atoms. The molecule has 0 amide bonds. The lowest BCUT2D eigenvalue weighted by Gasteiger charge is -2.25.